The van der Waals surface area contributed by atoms with Gasteiger partial charge < -0.3 is 16.0 Å². The molecule has 0 saturated heterocycles. The first-order valence-corrected chi connectivity index (χ1v) is 8.43. The molecule has 0 heterocycles. The van der Waals surface area contributed by atoms with E-state index in [1.54, 1.807) is 41.3 Å². The van der Waals surface area contributed by atoms with Crippen molar-refractivity contribution in [2.75, 3.05) is 18.4 Å². The molecule has 3 amide bonds. The third-order valence-corrected chi connectivity index (χ3v) is 3.99. The molecule has 0 unspecified atom stereocenters. The zero-order valence-corrected chi connectivity index (χ0v) is 14.9. The van der Waals surface area contributed by atoms with Gasteiger partial charge in [-0.25, -0.2) is 0 Å². The van der Waals surface area contributed by atoms with Crippen molar-refractivity contribution in [2.24, 2.45) is 5.73 Å². The molecule has 0 saturated carbocycles. The summed E-state index contributed by atoms with van der Waals surface area (Å²) in [4.78, 5) is 37.2. The van der Waals surface area contributed by atoms with E-state index in [0.717, 1.165) is 0 Å². The van der Waals surface area contributed by atoms with Crippen LogP contribution < -0.4 is 11.1 Å². The van der Waals surface area contributed by atoms with E-state index >= 15 is 0 Å². The summed E-state index contributed by atoms with van der Waals surface area (Å²) in [5, 5.41) is 11.5. The third kappa shape index (κ3) is 5.41. The second-order valence-corrected chi connectivity index (χ2v) is 5.81. The fourth-order valence-corrected chi connectivity index (χ4v) is 2.45. The molecule has 138 valence electrons. The van der Waals surface area contributed by atoms with Gasteiger partial charge in [0.2, 0.25) is 11.8 Å². The highest BCUT2D eigenvalue weighted by Crippen LogP contribution is 2.11. The molecule has 0 aromatic heterocycles. The van der Waals surface area contributed by atoms with Gasteiger partial charge in [-0.15, -0.1) is 0 Å². The normalized spacial score (nSPS) is 9.93. The van der Waals surface area contributed by atoms with E-state index in [-0.39, 0.29) is 24.8 Å². The number of carbonyl (C=O) groups excluding carboxylic acids is 3. The minimum atomic E-state index is -0.534. The minimum absolute atomic E-state index is 0.132. The number of nitriles is 1. The fourth-order valence-electron chi connectivity index (χ4n) is 2.45. The molecule has 0 fully saturated rings. The van der Waals surface area contributed by atoms with Gasteiger partial charge in [0.1, 0.15) is 0 Å². The Labute approximate surface area is 157 Å². The summed E-state index contributed by atoms with van der Waals surface area (Å²) < 4.78 is 0. The van der Waals surface area contributed by atoms with Crippen LogP contribution in [0.4, 0.5) is 5.69 Å². The summed E-state index contributed by atoms with van der Waals surface area (Å²) in [7, 11) is 0. The second kappa shape index (κ2) is 9.15. The second-order valence-electron chi connectivity index (χ2n) is 5.81. The van der Waals surface area contributed by atoms with Gasteiger partial charge in [0, 0.05) is 36.3 Å². The number of anilines is 1. The van der Waals surface area contributed by atoms with Gasteiger partial charge in [-0.3, -0.25) is 14.4 Å². The van der Waals surface area contributed by atoms with Crippen molar-refractivity contribution in [1.29, 1.82) is 5.26 Å². The monoisotopic (exact) mass is 364 g/mol. The van der Waals surface area contributed by atoms with Crippen LogP contribution in [0.1, 0.15) is 39.6 Å². The Bertz CT molecular complexity index is 868. The van der Waals surface area contributed by atoms with E-state index < -0.39 is 5.91 Å². The maximum atomic E-state index is 12.5. The number of primary amides is 1. The summed E-state index contributed by atoms with van der Waals surface area (Å²) in [5.74, 6) is -0.971. The molecule has 0 aliphatic rings. The molecule has 7 nitrogen and oxygen atoms in total. The van der Waals surface area contributed by atoms with Gasteiger partial charge >= 0.3 is 0 Å². The van der Waals surface area contributed by atoms with Crippen LogP contribution in [0.2, 0.25) is 0 Å². The Hall–Kier alpha value is -3.66. The topological polar surface area (TPSA) is 116 Å². The van der Waals surface area contributed by atoms with Crippen molar-refractivity contribution in [3.8, 4) is 6.07 Å². The Balaban J connectivity index is 1.92. The van der Waals surface area contributed by atoms with Crippen LogP contribution in [0.15, 0.2) is 48.5 Å². The zero-order valence-electron chi connectivity index (χ0n) is 14.9. The van der Waals surface area contributed by atoms with Gasteiger partial charge in [-0.2, -0.15) is 5.26 Å². The molecule has 2 rings (SSSR count). The number of carbonyl (C=O) groups is 3. The first kappa shape index (κ1) is 19.7. The van der Waals surface area contributed by atoms with Gasteiger partial charge in [0.15, 0.2) is 0 Å². The predicted octanol–water partition coefficient (Wildman–Crippen LogP) is 2.15. The number of benzene rings is 2. The number of hydrogen-bond acceptors (Lipinski definition) is 4. The van der Waals surface area contributed by atoms with Crippen molar-refractivity contribution < 1.29 is 14.4 Å². The van der Waals surface area contributed by atoms with Crippen LogP contribution in [0.3, 0.4) is 0 Å². The molecule has 2 aromatic carbocycles. The van der Waals surface area contributed by atoms with Gasteiger partial charge in [0.25, 0.3) is 5.91 Å². The third-order valence-electron chi connectivity index (χ3n) is 3.99. The molecule has 3 N–H and O–H groups in total. The molecule has 0 atom stereocenters. The highest BCUT2D eigenvalue weighted by atomic mass is 16.2. The molecule has 7 heteroatoms. The zero-order chi connectivity index (χ0) is 19.8. The Morgan fingerprint density at radius 2 is 1.63 bits per heavy atom. The SMILES string of the molecule is CCN(CCC(=O)Nc1ccc(C(N)=O)cc1)C(=O)c1ccc(C#N)cc1. The Morgan fingerprint density at radius 1 is 1.04 bits per heavy atom. The lowest BCUT2D eigenvalue weighted by Crippen LogP contribution is -2.33. The smallest absolute Gasteiger partial charge is 0.253 e. The first-order valence-electron chi connectivity index (χ1n) is 8.43. The lowest BCUT2D eigenvalue weighted by atomic mass is 10.1. The molecular weight excluding hydrogens is 344 g/mol. The van der Waals surface area contributed by atoms with E-state index in [9.17, 15) is 14.4 Å². The highest BCUT2D eigenvalue weighted by molar-refractivity contribution is 5.96. The molecule has 2 aromatic rings. The van der Waals surface area contributed by atoms with Crippen molar-refractivity contribution in [2.45, 2.75) is 13.3 Å². The van der Waals surface area contributed by atoms with Crippen LogP contribution in [-0.4, -0.2) is 35.7 Å². The van der Waals surface area contributed by atoms with Crippen LogP contribution in [0.25, 0.3) is 0 Å². The molecule has 0 radical (unpaired) electrons. The maximum absolute atomic E-state index is 12.5. The number of nitrogens with one attached hydrogen (secondary N) is 1. The number of hydrogen-bond donors (Lipinski definition) is 2. The maximum Gasteiger partial charge on any atom is 0.253 e. The standard InChI is InChI=1S/C20H20N4O3/c1-2-24(20(27)16-5-3-14(13-21)4-6-16)12-11-18(25)23-17-9-7-15(8-10-17)19(22)26/h3-10H,2,11-12H2,1H3,(H2,22,26)(H,23,25). The largest absolute Gasteiger partial charge is 0.366 e. The van der Waals surface area contributed by atoms with Gasteiger partial charge in [-0.1, -0.05) is 0 Å². The quantitative estimate of drug-likeness (QED) is 0.783. The number of amides is 3. The lowest BCUT2D eigenvalue weighted by Gasteiger charge is -2.20. The molecule has 0 spiro atoms. The van der Waals surface area contributed by atoms with Crippen molar-refractivity contribution in [3.63, 3.8) is 0 Å². The van der Waals surface area contributed by atoms with E-state index in [2.05, 4.69) is 5.32 Å². The number of nitrogens with two attached hydrogens (primary N) is 1. The minimum Gasteiger partial charge on any atom is -0.366 e. The lowest BCUT2D eigenvalue weighted by molar-refractivity contribution is -0.116. The van der Waals surface area contributed by atoms with E-state index in [1.807, 2.05) is 13.0 Å². The average Bonchev–Trinajstić information content (AvgIpc) is 2.68. The van der Waals surface area contributed by atoms with Crippen molar-refractivity contribution in [3.05, 3.63) is 65.2 Å². The molecule has 0 aliphatic heterocycles. The molecule has 0 bridgehead atoms. The van der Waals surface area contributed by atoms with Crippen molar-refractivity contribution >= 4 is 23.4 Å². The van der Waals surface area contributed by atoms with E-state index in [0.29, 0.717) is 28.9 Å². The highest BCUT2D eigenvalue weighted by Gasteiger charge is 2.15. The summed E-state index contributed by atoms with van der Waals surface area (Å²) in [6.45, 7) is 2.56. The fraction of sp³-hybridized carbons (Fsp3) is 0.200. The summed E-state index contributed by atoms with van der Waals surface area (Å²) in [6, 6.07) is 14.6. The number of nitrogens with zero attached hydrogens (tertiary/aromatic N) is 2. The summed E-state index contributed by atoms with van der Waals surface area (Å²) in [5.41, 5.74) is 7.03. The molecular formula is C20H20N4O3. The average molecular weight is 364 g/mol. The Morgan fingerprint density at radius 3 is 2.15 bits per heavy atom. The van der Waals surface area contributed by atoms with E-state index in [4.69, 9.17) is 11.0 Å². The van der Waals surface area contributed by atoms with Gasteiger partial charge in [-0.05, 0) is 55.5 Å². The molecule has 0 aliphatic carbocycles. The van der Waals surface area contributed by atoms with Crippen LogP contribution in [-0.2, 0) is 4.79 Å². The van der Waals surface area contributed by atoms with Crippen LogP contribution in [0, 0.1) is 11.3 Å². The first-order chi connectivity index (χ1) is 12.9. The van der Waals surface area contributed by atoms with Gasteiger partial charge in [0.05, 0.1) is 11.6 Å². The van der Waals surface area contributed by atoms with Crippen molar-refractivity contribution in [1.82, 2.24) is 4.90 Å². The van der Waals surface area contributed by atoms with Crippen LogP contribution in [0.5, 0.6) is 0 Å². The summed E-state index contributed by atoms with van der Waals surface area (Å²) >= 11 is 0. The number of rotatable bonds is 7. The van der Waals surface area contributed by atoms with E-state index in [1.165, 1.54) is 12.1 Å². The Kier molecular flexibility index (Phi) is 6.67. The predicted molar refractivity (Wildman–Crippen MR) is 101 cm³/mol. The van der Waals surface area contributed by atoms with Crippen LogP contribution >= 0.6 is 0 Å². The summed E-state index contributed by atoms with van der Waals surface area (Å²) in [6.07, 6.45) is 0.132. The molecule has 27 heavy (non-hydrogen) atoms.